The summed E-state index contributed by atoms with van der Waals surface area (Å²) in [6, 6.07) is 8.40. The number of benzene rings is 1. The number of pyridine rings is 1. The van der Waals surface area contributed by atoms with Crippen LogP contribution >= 0.6 is 23.2 Å². The minimum atomic E-state index is -0.265. The van der Waals surface area contributed by atoms with Gasteiger partial charge in [-0.3, -0.25) is 14.6 Å². The molecule has 1 aromatic heterocycles. The van der Waals surface area contributed by atoms with E-state index in [2.05, 4.69) is 10.3 Å². The van der Waals surface area contributed by atoms with Crippen molar-refractivity contribution in [1.82, 2.24) is 15.2 Å². The zero-order chi connectivity index (χ0) is 17.5. The molecule has 2 amide bonds. The summed E-state index contributed by atoms with van der Waals surface area (Å²) in [6.45, 7) is 2.68. The lowest BCUT2D eigenvalue weighted by molar-refractivity contribution is -0.129. The van der Waals surface area contributed by atoms with Crippen LogP contribution in [-0.2, 0) is 11.3 Å². The summed E-state index contributed by atoms with van der Waals surface area (Å²) in [5, 5.41) is 3.49. The van der Waals surface area contributed by atoms with E-state index in [1.807, 2.05) is 12.1 Å². The fourth-order valence-electron chi connectivity index (χ4n) is 2.10. The number of carbonyl (C=O) groups excluding carboxylic acids is 2. The van der Waals surface area contributed by atoms with Gasteiger partial charge in [0.1, 0.15) is 0 Å². The van der Waals surface area contributed by atoms with Gasteiger partial charge in [-0.05, 0) is 29.8 Å². The maximum absolute atomic E-state index is 12.1. The van der Waals surface area contributed by atoms with Crippen LogP contribution in [0.2, 0.25) is 10.0 Å². The zero-order valence-corrected chi connectivity index (χ0v) is 14.6. The molecular weight excluding hydrogens is 349 g/mol. The predicted molar refractivity (Wildman–Crippen MR) is 94.1 cm³/mol. The molecule has 1 aromatic carbocycles. The highest BCUT2D eigenvalue weighted by Crippen LogP contribution is 2.22. The zero-order valence-electron chi connectivity index (χ0n) is 13.1. The Morgan fingerprint density at radius 3 is 2.62 bits per heavy atom. The molecule has 0 aliphatic heterocycles. The van der Waals surface area contributed by atoms with E-state index in [1.165, 1.54) is 13.0 Å². The Hall–Kier alpha value is -2.11. The van der Waals surface area contributed by atoms with E-state index in [9.17, 15) is 9.59 Å². The van der Waals surface area contributed by atoms with E-state index in [1.54, 1.807) is 29.4 Å². The molecule has 1 N–H and O–H groups in total. The SMILES string of the molecule is CC(=O)N(CCNC(=O)c1ccc(Cl)c(Cl)c1)Cc1cccnc1. The quantitative estimate of drug-likeness (QED) is 0.854. The van der Waals surface area contributed by atoms with E-state index in [0.717, 1.165) is 5.56 Å². The molecule has 0 spiro atoms. The van der Waals surface area contributed by atoms with Crippen molar-refractivity contribution in [3.05, 3.63) is 63.9 Å². The summed E-state index contributed by atoms with van der Waals surface area (Å²) in [5.41, 5.74) is 1.36. The number of hydrogen-bond acceptors (Lipinski definition) is 3. The fraction of sp³-hybridized carbons (Fsp3) is 0.235. The van der Waals surface area contributed by atoms with Gasteiger partial charge in [0.25, 0.3) is 5.91 Å². The highest BCUT2D eigenvalue weighted by molar-refractivity contribution is 6.42. The molecule has 2 rings (SSSR count). The second kappa shape index (κ2) is 8.66. The van der Waals surface area contributed by atoms with Gasteiger partial charge in [0.05, 0.1) is 10.0 Å². The largest absolute Gasteiger partial charge is 0.350 e. The molecule has 0 fully saturated rings. The first-order valence-electron chi connectivity index (χ1n) is 7.35. The second-order valence-corrected chi connectivity index (χ2v) is 6.00. The van der Waals surface area contributed by atoms with E-state index >= 15 is 0 Å². The molecular formula is C17H17Cl2N3O2. The van der Waals surface area contributed by atoms with Gasteiger partial charge in [0.15, 0.2) is 0 Å². The summed E-state index contributed by atoms with van der Waals surface area (Å²) in [6.07, 6.45) is 3.39. The van der Waals surface area contributed by atoms with Crippen LogP contribution in [0, 0.1) is 0 Å². The van der Waals surface area contributed by atoms with Crippen LogP contribution < -0.4 is 5.32 Å². The number of aromatic nitrogens is 1. The summed E-state index contributed by atoms with van der Waals surface area (Å²) < 4.78 is 0. The van der Waals surface area contributed by atoms with E-state index in [0.29, 0.717) is 35.2 Å². The van der Waals surface area contributed by atoms with Crippen molar-refractivity contribution >= 4 is 35.0 Å². The Kier molecular flexibility index (Phi) is 6.58. The Bertz CT molecular complexity index is 723. The number of nitrogens with zero attached hydrogens (tertiary/aromatic N) is 2. The van der Waals surface area contributed by atoms with Crippen LogP contribution in [0.4, 0.5) is 0 Å². The first-order valence-corrected chi connectivity index (χ1v) is 8.10. The Morgan fingerprint density at radius 2 is 2.00 bits per heavy atom. The third-order valence-electron chi connectivity index (χ3n) is 3.39. The molecule has 0 saturated heterocycles. The van der Waals surface area contributed by atoms with Crippen LogP contribution in [0.25, 0.3) is 0 Å². The molecule has 24 heavy (non-hydrogen) atoms. The summed E-state index contributed by atoms with van der Waals surface area (Å²) in [4.78, 5) is 29.5. The van der Waals surface area contributed by atoms with E-state index < -0.39 is 0 Å². The average Bonchev–Trinajstić information content (AvgIpc) is 2.57. The molecule has 0 radical (unpaired) electrons. The van der Waals surface area contributed by atoms with E-state index in [4.69, 9.17) is 23.2 Å². The van der Waals surface area contributed by atoms with Crippen LogP contribution in [-0.4, -0.2) is 34.8 Å². The van der Waals surface area contributed by atoms with Gasteiger partial charge in [0, 0.05) is 44.5 Å². The number of carbonyl (C=O) groups is 2. The number of halogens is 2. The van der Waals surface area contributed by atoms with Crippen molar-refractivity contribution in [3.63, 3.8) is 0 Å². The molecule has 0 aliphatic rings. The van der Waals surface area contributed by atoms with Crippen molar-refractivity contribution in [3.8, 4) is 0 Å². The van der Waals surface area contributed by atoms with Gasteiger partial charge in [-0.25, -0.2) is 0 Å². The van der Waals surface area contributed by atoms with Crippen molar-refractivity contribution in [2.75, 3.05) is 13.1 Å². The Morgan fingerprint density at radius 1 is 1.21 bits per heavy atom. The highest BCUT2D eigenvalue weighted by atomic mass is 35.5. The van der Waals surface area contributed by atoms with Crippen molar-refractivity contribution in [2.24, 2.45) is 0 Å². The molecule has 1 heterocycles. The molecule has 126 valence electrons. The smallest absolute Gasteiger partial charge is 0.251 e. The van der Waals surface area contributed by atoms with Gasteiger partial charge in [0.2, 0.25) is 5.91 Å². The van der Waals surface area contributed by atoms with Gasteiger partial charge >= 0.3 is 0 Å². The second-order valence-electron chi connectivity index (χ2n) is 5.19. The first-order chi connectivity index (χ1) is 11.5. The van der Waals surface area contributed by atoms with Gasteiger partial charge in [-0.15, -0.1) is 0 Å². The lowest BCUT2D eigenvalue weighted by atomic mass is 10.2. The minimum Gasteiger partial charge on any atom is -0.350 e. The lowest BCUT2D eigenvalue weighted by Gasteiger charge is -2.21. The summed E-state index contributed by atoms with van der Waals surface area (Å²) >= 11 is 11.7. The normalized spacial score (nSPS) is 10.3. The third-order valence-corrected chi connectivity index (χ3v) is 4.13. The number of nitrogens with one attached hydrogen (secondary N) is 1. The van der Waals surface area contributed by atoms with Crippen molar-refractivity contribution in [1.29, 1.82) is 0 Å². The molecule has 0 saturated carbocycles. The van der Waals surface area contributed by atoms with Gasteiger partial charge in [-0.1, -0.05) is 29.3 Å². The molecule has 7 heteroatoms. The van der Waals surface area contributed by atoms with Crippen LogP contribution in [0.5, 0.6) is 0 Å². The molecule has 0 atom stereocenters. The summed E-state index contributed by atoms with van der Waals surface area (Å²) in [7, 11) is 0. The molecule has 0 aliphatic carbocycles. The van der Waals surface area contributed by atoms with Crippen LogP contribution in [0.15, 0.2) is 42.7 Å². The highest BCUT2D eigenvalue weighted by Gasteiger charge is 2.11. The Balaban J connectivity index is 1.89. The number of amides is 2. The molecule has 5 nitrogen and oxygen atoms in total. The number of rotatable bonds is 6. The van der Waals surface area contributed by atoms with Crippen LogP contribution in [0.3, 0.4) is 0 Å². The average molecular weight is 366 g/mol. The van der Waals surface area contributed by atoms with Crippen molar-refractivity contribution in [2.45, 2.75) is 13.5 Å². The monoisotopic (exact) mass is 365 g/mol. The standard InChI is InChI=1S/C17H17Cl2N3O2/c1-12(23)22(11-13-3-2-6-20-10-13)8-7-21-17(24)14-4-5-15(18)16(19)9-14/h2-6,9-10H,7-8,11H2,1H3,(H,21,24). The van der Waals surface area contributed by atoms with Crippen molar-refractivity contribution < 1.29 is 9.59 Å². The topological polar surface area (TPSA) is 62.3 Å². The maximum Gasteiger partial charge on any atom is 0.251 e. The minimum absolute atomic E-state index is 0.0670. The van der Waals surface area contributed by atoms with Crippen LogP contribution in [0.1, 0.15) is 22.8 Å². The van der Waals surface area contributed by atoms with Gasteiger partial charge in [-0.2, -0.15) is 0 Å². The number of hydrogen-bond donors (Lipinski definition) is 1. The first kappa shape index (κ1) is 18.2. The molecule has 2 aromatic rings. The maximum atomic E-state index is 12.1. The molecule has 0 bridgehead atoms. The predicted octanol–water partition coefficient (Wildman–Crippen LogP) is 3.17. The molecule has 0 unspecified atom stereocenters. The third kappa shape index (κ3) is 5.22. The lowest BCUT2D eigenvalue weighted by Crippen LogP contribution is -2.37. The summed E-state index contributed by atoms with van der Waals surface area (Å²) in [5.74, 6) is -0.332. The van der Waals surface area contributed by atoms with Gasteiger partial charge < -0.3 is 10.2 Å². The fourth-order valence-corrected chi connectivity index (χ4v) is 2.40. The Labute approximate surface area is 150 Å². The van der Waals surface area contributed by atoms with E-state index in [-0.39, 0.29) is 11.8 Å².